The first kappa shape index (κ1) is 24.6. The fraction of sp³-hybridized carbons (Fsp3) is 0.158. The Balaban J connectivity index is 1.33. The fourth-order valence-corrected chi connectivity index (χ4v) is 10.2. The van der Waals surface area contributed by atoms with Gasteiger partial charge in [0.25, 0.3) is 0 Å². The third-order valence-electron chi connectivity index (χ3n) is 9.54. The summed E-state index contributed by atoms with van der Waals surface area (Å²) in [4.78, 5) is 2.54. The Morgan fingerprint density at radius 3 is 2.29 bits per heavy atom. The van der Waals surface area contributed by atoms with Gasteiger partial charge in [-0.2, -0.15) is 0 Å². The Labute approximate surface area is 254 Å². The molecular formula is C38H31BN2Se. The van der Waals surface area contributed by atoms with Crippen LogP contribution in [-0.2, 0) is 12.8 Å². The van der Waals surface area contributed by atoms with E-state index in [1.165, 1.54) is 96.8 Å². The standard InChI is InChI=1S/C38H31BN2Se/c1-2-7-18-32-28(15-6-1)29-16-8-10-19-33(29)41(32)27-23-24-30-35(25-27)40(26-13-4-3-5-14-26)34-20-12-22-37-38(34)39(30)31-17-9-11-21-36(31)42-37/h3-5,8-14,16-17,19-25H,1-2,6-7,15,18H2. The molecule has 4 heteroatoms. The summed E-state index contributed by atoms with van der Waals surface area (Å²) in [6, 6.07) is 43.6. The van der Waals surface area contributed by atoms with Crippen molar-refractivity contribution in [2.75, 3.05) is 4.90 Å². The molecule has 202 valence electrons. The molecule has 0 saturated heterocycles. The number of fused-ring (bicyclic) bond motifs is 7. The van der Waals surface area contributed by atoms with Crippen LogP contribution in [0.15, 0.2) is 115 Å². The van der Waals surface area contributed by atoms with Crippen LogP contribution in [0.5, 0.6) is 0 Å². The second kappa shape index (κ2) is 9.80. The molecule has 42 heavy (non-hydrogen) atoms. The number of aryl methyl sites for hydroxylation is 1. The van der Waals surface area contributed by atoms with Crippen LogP contribution in [0.4, 0.5) is 17.1 Å². The molecule has 0 bridgehead atoms. The second-order valence-electron chi connectivity index (χ2n) is 11.9. The average molecular weight is 605 g/mol. The number of aromatic nitrogens is 1. The summed E-state index contributed by atoms with van der Waals surface area (Å²) in [5, 5.41) is 1.44. The number of hydrogen-bond donors (Lipinski definition) is 0. The van der Waals surface area contributed by atoms with E-state index >= 15 is 0 Å². The van der Waals surface area contributed by atoms with Crippen LogP contribution in [0.1, 0.15) is 36.9 Å². The van der Waals surface area contributed by atoms with Gasteiger partial charge in [-0.25, -0.2) is 0 Å². The minimum absolute atomic E-state index is 0.258. The Hall–Kier alpha value is -3.98. The van der Waals surface area contributed by atoms with E-state index in [9.17, 15) is 0 Å². The van der Waals surface area contributed by atoms with Gasteiger partial charge in [0.2, 0.25) is 0 Å². The van der Waals surface area contributed by atoms with Crippen LogP contribution in [0, 0.1) is 0 Å². The Bertz CT molecular complexity index is 1990. The molecule has 3 heterocycles. The molecule has 0 saturated carbocycles. The molecule has 0 atom stereocenters. The molecule has 1 aromatic heterocycles. The summed E-state index contributed by atoms with van der Waals surface area (Å²) in [7, 11) is 0. The van der Waals surface area contributed by atoms with Crippen LogP contribution in [0.25, 0.3) is 16.6 Å². The summed E-state index contributed by atoms with van der Waals surface area (Å²) in [6.45, 7) is 0.258. The molecular weight excluding hydrogens is 574 g/mol. The SMILES string of the molecule is c1ccc(N2c3cc(-n4c5c(c6ccccc64)CCCCCC5)ccc3B3c4ccccc4[Se]c4cccc2c43)cc1. The number of hydrogen-bond acceptors (Lipinski definition) is 1. The summed E-state index contributed by atoms with van der Waals surface area (Å²) >= 11 is 0.304. The van der Waals surface area contributed by atoms with E-state index in [0.29, 0.717) is 15.0 Å². The molecule has 0 spiro atoms. The van der Waals surface area contributed by atoms with Crippen molar-refractivity contribution in [2.24, 2.45) is 0 Å². The molecule has 0 fully saturated rings. The summed E-state index contributed by atoms with van der Waals surface area (Å²) < 4.78 is 5.63. The van der Waals surface area contributed by atoms with Crippen LogP contribution < -0.4 is 30.2 Å². The van der Waals surface area contributed by atoms with Gasteiger partial charge in [0, 0.05) is 0 Å². The van der Waals surface area contributed by atoms with E-state index in [2.05, 4.69) is 125 Å². The fourth-order valence-electron chi connectivity index (χ4n) is 7.75. The van der Waals surface area contributed by atoms with Gasteiger partial charge in [-0.3, -0.25) is 0 Å². The average Bonchev–Trinajstić information content (AvgIpc) is 3.33. The minimum atomic E-state index is 0.258. The van der Waals surface area contributed by atoms with Gasteiger partial charge in [-0.1, -0.05) is 6.42 Å². The molecule has 5 aromatic carbocycles. The maximum atomic E-state index is 2.60. The third-order valence-corrected chi connectivity index (χ3v) is 12.0. The van der Waals surface area contributed by atoms with Crippen molar-refractivity contribution in [3.63, 3.8) is 0 Å². The van der Waals surface area contributed by atoms with Crippen molar-refractivity contribution in [2.45, 2.75) is 38.5 Å². The Morgan fingerprint density at radius 2 is 1.36 bits per heavy atom. The monoisotopic (exact) mass is 606 g/mol. The number of rotatable bonds is 2. The van der Waals surface area contributed by atoms with Crippen LogP contribution in [-0.4, -0.2) is 26.2 Å². The summed E-state index contributed by atoms with van der Waals surface area (Å²) in [5.74, 6) is 0. The van der Waals surface area contributed by atoms with E-state index in [0.717, 1.165) is 6.42 Å². The predicted octanol–water partition coefficient (Wildman–Crippen LogP) is 5.56. The topological polar surface area (TPSA) is 8.17 Å². The van der Waals surface area contributed by atoms with Gasteiger partial charge in [-0.15, -0.1) is 0 Å². The third kappa shape index (κ3) is 3.65. The number of para-hydroxylation sites is 2. The van der Waals surface area contributed by atoms with Crippen molar-refractivity contribution < 1.29 is 0 Å². The van der Waals surface area contributed by atoms with E-state index in [1.54, 1.807) is 5.56 Å². The van der Waals surface area contributed by atoms with E-state index in [-0.39, 0.29) is 6.71 Å². The van der Waals surface area contributed by atoms with Crippen molar-refractivity contribution in [1.82, 2.24) is 4.57 Å². The number of anilines is 3. The Kier molecular flexibility index (Phi) is 5.74. The normalized spacial score (nSPS) is 15.3. The molecule has 1 aliphatic carbocycles. The molecule has 0 N–H and O–H groups in total. The zero-order chi connectivity index (χ0) is 27.6. The van der Waals surface area contributed by atoms with Gasteiger partial charge in [0.05, 0.1) is 0 Å². The van der Waals surface area contributed by atoms with Crippen molar-refractivity contribution in [3.05, 3.63) is 127 Å². The predicted molar refractivity (Wildman–Crippen MR) is 180 cm³/mol. The van der Waals surface area contributed by atoms with E-state index < -0.39 is 0 Å². The molecule has 3 aliphatic rings. The zero-order valence-corrected chi connectivity index (χ0v) is 25.3. The maximum absolute atomic E-state index is 2.60. The van der Waals surface area contributed by atoms with Crippen LogP contribution >= 0.6 is 0 Å². The number of benzene rings is 5. The first-order valence-electron chi connectivity index (χ1n) is 15.4. The molecule has 0 amide bonds. The van der Waals surface area contributed by atoms with Crippen molar-refractivity contribution >= 4 is 74.9 Å². The van der Waals surface area contributed by atoms with Gasteiger partial charge < -0.3 is 0 Å². The van der Waals surface area contributed by atoms with Gasteiger partial charge >= 0.3 is 249 Å². The molecule has 0 radical (unpaired) electrons. The van der Waals surface area contributed by atoms with E-state index in [1.807, 2.05) is 0 Å². The second-order valence-corrected chi connectivity index (χ2v) is 14.1. The van der Waals surface area contributed by atoms with Gasteiger partial charge in [0.1, 0.15) is 0 Å². The molecule has 6 aromatic rings. The zero-order valence-electron chi connectivity index (χ0n) is 23.6. The van der Waals surface area contributed by atoms with Gasteiger partial charge in [0.15, 0.2) is 0 Å². The van der Waals surface area contributed by atoms with Crippen LogP contribution in [0.3, 0.4) is 0 Å². The first-order chi connectivity index (χ1) is 20.9. The summed E-state index contributed by atoms with van der Waals surface area (Å²) in [5.41, 5.74) is 14.0. The molecule has 2 nitrogen and oxygen atoms in total. The molecule has 9 rings (SSSR count). The van der Waals surface area contributed by atoms with Crippen molar-refractivity contribution in [3.8, 4) is 5.69 Å². The van der Waals surface area contributed by atoms with Gasteiger partial charge in [-0.05, 0) is 0 Å². The summed E-state index contributed by atoms with van der Waals surface area (Å²) in [6.07, 6.45) is 7.55. The first-order valence-corrected chi connectivity index (χ1v) is 17.1. The van der Waals surface area contributed by atoms with E-state index in [4.69, 9.17) is 0 Å². The molecule has 0 unspecified atom stereocenters. The quantitative estimate of drug-likeness (QED) is 0.235. The molecule has 2 aliphatic heterocycles. The van der Waals surface area contributed by atoms with Crippen LogP contribution in [0.2, 0.25) is 0 Å². The number of nitrogens with zero attached hydrogens (tertiary/aromatic N) is 2. The Morgan fingerprint density at radius 1 is 0.571 bits per heavy atom. The van der Waals surface area contributed by atoms with Crippen molar-refractivity contribution in [1.29, 1.82) is 0 Å².